The summed E-state index contributed by atoms with van der Waals surface area (Å²) in [5.41, 5.74) is 0.0582. The van der Waals surface area contributed by atoms with Crippen LogP contribution >= 0.6 is 0 Å². The Morgan fingerprint density at radius 3 is 2.86 bits per heavy atom. The fourth-order valence-corrected chi connectivity index (χ4v) is 2.14. The maximum Gasteiger partial charge on any atom is 0.288 e. The third-order valence-corrected chi connectivity index (χ3v) is 3.65. The van der Waals surface area contributed by atoms with Crippen LogP contribution in [0, 0.1) is 16.0 Å². The van der Waals surface area contributed by atoms with Crippen molar-refractivity contribution in [1.82, 2.24) is 10.3 Å². The molecule has 0 saturated heterocycles. The zero-order chi connectivity index (χ0) is 15.2. The minimum atomic E-state index is -0.542. The average molecular weight is 292 g/mol. The quantitative estimate of drug-likeness (QED) is 0.594. The van der Waals surface area contributed by atoms with Crippen LogP contribution in [-0.2, 0) is 0 Å². The zero-order valence-electron chi connectivity index (χ0n) is 12.1. The fraction of sp³-hybridized carbons (Fsp3) is 0.571. The van der Waals surface area contributed by atoms with Gasteiger partial charge in [-0.25, -0.2) is 4.98 Å². The Kier molecular flexibility index (Phi) is 5.08. The second-order valence-corrected chi connectivity index (χ2v) is 5.28. The Hall–Kier alpha value is -2.18. The molecule has 0 atom stereocenters. The lowest BCUT2D eigenvalue weighted by Gasteiger charge is -2.25. The number of aromatic nitrogens is 1. The lowest BCUT2D eigenvalue weighted by Crippen LogP contribution is -2.32. The van der Waals surface area contributed by atoms with Crippen molar-refractivity contribution < 1.29 is 9.72 Å². The summed E-state index contributed by atoms with van der Waals surface area (Å²) in [4.78, 5) is 26.5. The Morgan fingerprint density at radius 1 is 1.52 bits per heavy atom. The van der Waals surface area contributed by atoms with Crippen LogP contribution in [-0.4, -0.2) is 28.9 Å². The first-order valence-electron chi connectivity index (χ1n) is 7.28. The molecule has 0 aromatic carbocycles. The van der Waals surface area contributed by atoms with E-state index in [0.29, 0.717) is 24.8 Å². The number of carbonyl (C=O) groups is 1. The van der Waals surface area contributed by atoms with E-state index in [2.05, 4.69) is 15.6 Å². The van der Waals surface area contributed by atoms with E-state index in [1.807, 2.05) is 6.92 Å². The minimum Gasteiger partial charge on any atom is -0.369 e. The van der Waals surface area contributed by atoms with E-state index >= 15 is 0 Å². The number of pyridine rings is 1. The molecule has 1 aliphatic carbocycles. The van der Waals surface area contributed by atoms with Gasteiger partial charge in [-0.15, -0.1) is 0 Å². The molecule has 0 bridgehead atoms. The Morgan fingerprint density at radius 2 is 2.29 bits per heavy atom. The number of nitrogens with one attached hydrogen (secondary N) is 2. The summed E-state index contributed by atoms with van der Waals surface area (Å²) in [5, 5.41) is 16.7. The fourth-order valence-electron chi connectivity index (χ4n) is 2.14. The number of nitrogens with zero attached hydrogens (tertiary/aromatic N) is 2. The van der Waals surface area contributed by atoms with E-state index in [1.165, 1.54) is 18.7 Å². The van der Waals surface area contributed by atoms with Crippen LogP contribution in [0.2, 0.25) is 0 Å². The van der Waals surface area contributed by atoms with E-state index in [-0.39, 0.29) is 17.2 Å². The molecule has 114 valence electrons. The second kappa shape index (κ2) is 7.01. The number of amides is 1. The molecule has 21 heavy (non-hydrogen) atoms. The summed E-state index contributed by atoms with van der Waals surface area (Å²) >= 11 is 0. The SMILES string of the molecule is CCCNc1ncc([N+](=O)[O-])cc1C(=O)NCC1CCC1. The molecule has 1 saturated carbocycles. The Labute approximate surface area is 123 Å². The molecule has 1 amide bonds. The molecule has 0 unspecified atom stereocenters. The monoisotopic (exact) mass is 292 g/mol. The largest absolute Gasteiger partial charge is 0.369 e. The number of anilines is 1. The van der Waals surface area contributed by atoms with Crippen molar-refractivity contribution >= 4 is 17.4 Å². The number of hydrogen-bond donors (Lipinski definition) is 2. The first-order valence-corrected chi connectivity index (χ1v) is 7.28. The van der Waals surface area contributed by atoms with Crippen molar-refractivity contribution in [3.63, 3.8) is 0 Å². The molecule has 1 aromatic rings. The highest BCUT2D eigenvalue weighted by atomic mass is 16.6. The van der Waals surface area contributed by atoms with Gasteiger partial charge in [0, 0.05) is 19.2 Å². The van der Waals surface area contributed by atoms with Gasteiger partial charge >= 0.3 is 0 Å². The molecule has 1 fully saturated rings. The predicted molar refractivity (Wildman–Crippen MR) is 79.3 cm³/mol. The number of carbonyl (C=O) groups excluding carboxylic acids is 1. The summed E-state index contributed by atoms with van der Waals surface area (Å²) in [6.07, 6.45) is 5.52. The van der Waals surface area contributed by atoms with E-state index in [9.17, 15) is 14.9 Å². The van der Waals surface area contributed by atoms with Gasteiger partial charge in [0.05, 0.1) is 10.5 Å². The molecule has 2 N–H and O–H groups in total. The Bertz CT molecular complexity index is 529. The molecule has 0 spiro atoms. The summed E-state index contributed by atoms with van der Waals surface area (Å²) in [6, 6.07) is 1.28. The Balaban J connectivity index is 2.13. The molecule has 1 aromatic heterocycles. The molecule has 1 aliphatic rings. The molecule has 0 radical (unpaired) electrons. The van der Waals surface area contributed by atoms with E-state index in [0.717, 1.165) is 19.3 Å². The van der Waals surface area contributed by atoms with Crippen LogP contribution in [0.4, 0.5) is 11.5 Å². The number of rotatable bonds is 7. The van der Waals surface area contributed by atoms with Crippen molar-refractivity contribution in [1.29, 1.82) is 0 Å². The second-order valence-electron chi connectivity index (χ2n) is 5.28. The van der Waals surface area contributed by atoms with Crippen LogP contribution in [0.5, 0.6) is 0 Å². The summed E-state index contributed by atoms with van der Waals surface area (Å²) in [6.45, 7) is 3.27. The molecule has 1 heterocycles. The van der Waals surface area contributed by atoms with Crippen molar-refractivity contribution in [3.8, 4) is 0 Å². The first kappa shape index (κ1) is 15.2. The van der Waals surface area contributed by atoms with Gasteiger partial charge in [-0.2, -0.15) is 0 Å². The van der Waals surface area contributed by atoms with Crippen LogP contribution in [0.25, 0.3) is 0 Å². The van der Waals surface area contributed by atoms with Crippen LogP contribution in [0.15, 0.2) is 12.3 Å². The average Bonchev–Trinajstić information content (AvgIpc) is 2.43. The number of nitro groups is 1. The molecular weight excluding hydrogens is 272 g/mol. The molecule has 0 aliphatic heterocycles. The van der Waals surface area contributed by atoms with Gasteiger partial charge in [0.25, 0.3) is 11.6 Å². The molecular formula is C14H20N4O3. The lowest BCUT2D eigenvalue weighted by molar-refractivity contribution is -0.385. The third-order valence-electron chi connectivity index (χ3n) is 3.65. The highest BCUT2D eigenvalue weighted by molar-refractivity contribution is 5.99. The van der Waals surface area contributed by atoms with Gasteiger partial charge in [-0.1, -0.05) is 13.3 Å². The molecule has 2 rings (SSSR count). The van der Waals surface area contributed by atoms with Crippen LogP contribution < -0.4 is 10.6 Å². The van der Waals surface area contributed by atoms with Gasteiger partial charge in [-0.05, 0) is 25.2 Å². The summed E-state index contributed by atoms with van der Waals surface area (Å²) in [5.74, 6) is 0.623. The molecule has 7 nitrogen and oxygen atoms in total. The van der Waals surface area contributed by atoms with Gasteiger partial charge in [0.2, 0.25) is 0 Å². The minimum absolute atomic E-state index is 0.175. The van der Waals surface area contributed by atoms with Crippen molar-refractivity contribution in [2.75, 3.05) is 18.4 Å². The first-order chi connectivity index (χ1) is 10.1. The smallest absolute Gasteiger partial charge is 0.288 e. The van der Waals surface area contributed by atoms with Crippen molar-refractivity contribution in [2.24, 2.45) is 5.92 Å². The third kappa shape index (κ3) is 3.90. The highest BCUT2D eigenvalue weighted by Crippen LogP contribution is 2.25. The number of hydrogen-bond acceptors (Lipinski definition) is 5. The normalized spacial score (nSPS) is 14.3. The lowest BCUT2D eigenvalue weighted by atomic mass is 9.85. The highest BCUT2D eigenvalue weighted by Gasteiger charge is 2.21. The van der Waals surface area contributed by atoms with Gasteiger partial charge in [0.1, 0.15) is 12.0 Å². The van der Waals surface area contributed by atoms with Gasteiger partial charge in [-0.3, -0.25) is 14.9 Å². The van der Waals surface area contributed by atoms with Crippen molar-refractivity contribution in [2.45, 2.75) is 32.6 Å². The standard InChI is InChI=1S/C14H20N4O3/c1-2-6-15-13-12(7-11(9-16-13)18(20)21)14(19)17-8-10-4-3-5-10/h7,9-10H,2-6,8H2,1H3,(H,15,16)(H,17,19). The van der Waals surface area contributed by atoms with E-state index < -0.39 is 4.92 Å². The van der Waals surface area contributed by atoms with Crippen LogP contribution in [0.1, 0.15) is 43.0 Å². The van der Waals surface area contributed by atoms with E-state index in [4.69, 9.17) is 0 Å². The zero-order valence-corrected chi connectivity index (χ0v) is 12.1. The van der Waals surface area contributed by atoms with Crippen LogP contribution in [0.3, 0.4) is 0 Å². The summed E-state index contributed by atoms with van der Waals surface area (Å²) < 4.78 is 0. The maximum absolute atomic E-state index is 12.2. The van der Waals surface area contributed by atoms with Gasteiger partial charge in [0.15, 0.2) is 0 Å². The molecule has 7 heteroatoms. The van der Waals surface area contributed by atoms with Crippen molar-refractivity contribution in [3.05, 3.63) is 27.9 Å². The van der Waals surface area contributed by atoms with Gasteiger partial charge < -0.3 is 10.6 Å². The predicted octanol–water partition coefficient (Wildman–Crippen LogP) is 2.34. The summed E-state index contributed by atoms with van der Waals surface area (Å²) in [7, 11) is 0. The van der Waals surface area contributed by atoms with E-state index in [1.54, 1.807) is 0 Å². The topological polar surface area (TPSA) is 97.2 Å². The maximum atomic E-state index is 12.2.